The van der Waals surface area contributed by atoms with Crippen LogP contribution in [0.25, 0.3) is 0 Å². The van der Waals surface area contributed by atoms with E-state index in [0.717, 1.165) is 0 Å². The summed E-state index contributed by atoms with van der Waals surface area (Å²) < 4.78 is 0. The van der Waals surface area contributed by atoms with Gasteiger partial charge in [-0.15, -0.1) is 0 Å². The van der Waals surface area contributed by atoms with Crippen molar-refractivity contribution >= 4 is 23.9 Å². The van der Waals surface area contributed by atoms with E-state index in [1.807, 2.05) is 40.1 Å². The Bertz CT molecular complexity index is 26.1. The van der Waals surface area contributed by atoms with Crippen LogP contribution in [0.15, 0.2) is 0 Å². The van der Waals surface area contributed by atoms with Crippen LogP contribution in [-0.4, -0.2) is 64.0 Å². The Morgan fingerprint density at radius 1 is 1.00 bits per heavy atom. The van der Waals surface area contributed by atoms with E-state index in [9.17, 15) is 0 Å². The zero-order chi connectivity index (χ0) is 8.28. The molecule has 0 aliphatic heterocycles. The smallest absolute Gasteiger partial charge is 0 e. The summed E-state index contributed by atoms with van der Waals surface area (Å²) in [5.74, 6) is 0. The van der Waals surface area contributed by atoms with Crippen molar-refractivity contribution in [1.82, 2.24) is 10.2 Å². The lowest BCUT2D eigenvalue weighted by Gasteiger charge is -1.90. The average molecular weight is 137 g/mol. The first-order valence-electron chi connectivity index (χ1n) is 2.67. The summed E-state index contributed by atoms with van der Waals surface area (Å²) in [5, 5.41) is 2.75. The van der Waals surface area contributed by atoms with Crippen LogP contribution < -0.4 is 5.32 Å². The minimum Gasteiger partial charge on any atom is -0.323 e. The molecule has 0 aliphatic rings. The van der Waals surface area contributed by atoms with Crippen LogP contribution in [0, 0.1) is 0 Å². The minimum atomic E-state index is 0. The third-order valence-electron chi connectivity index (χ3n) is 0. The van der Waals surface area contributed by atoms with Crippen molar-refractivity contribution in [3.63, 3.8) is 0 Å². The maximum Gasteiger partial charge on any atom is 0 e. The molecule has 0 fully saturated rings. The van der Waals surface area contributed by atoms with Crippen molar-refractivity contribution < 1.29 is 0 Å². The van der Waals surface area contributed by atoms with Crippen LogP contribution in [0.3, 0.4) is 0 Å². The van der Waals surface area contributed by atoms with Crippen molar-refractivity contribution in [1.29, 1.82) is 0 Å². The maximum atomic E-state index is 4.00. The highest BCUT2D eigenvalue weighted by Crippen LogP contribution is 1.47. The second-order valence-electron chi connectivity index (χ2n) is 1.84. The van der Waals surface area contributed by atoms with Gasteiger partial charge in [-0.05, 0) is 35.2 Å². The van der Waals surface area contributed by atoms with Crippen LogP contribution in [0.2, 0.25) is 0 Å². The van der Waals surface area contributed by atoms with Gasteiger partial charge in [0.15, 0.2) is 0 Å². The fraction of sp³-hybridized carbons (Fsp3) is 1.00. The fourth-order valence-electron chi connectivity index (χ4n) is 0. The molecule has 0 atom stereocenters. The molecular formula is C5H16B3N2. The summed E-state index contributed by atoms with van der Waals surface area (Å²) >= 11 is 0. The molecule has 0 rings (SSSR count). The first-order chi connectivity index (χ1) is 4.15. The highest BCUT2D eigenvalue weighted by Gasteiger charge is 1.58. The molecule has 0 aromatic rings. The average Bonchev–Trinajstić information content (AvgIpc) is 1.71. The highest BCUT2D eigenvalue weighted by molar-refractivity contribution is 6.75. The van der Waals surface area contributed by atoms with Gasteiger partial charge in [-0.3, -0.25) is 0 Å². The molecule has 0 bridgehead atoms. The van der Waals surface area contributed by atoms with Gasteiger partial charge < -0.3 is 10.2 Å². The van der Waals surface area contributed by atoms with Gasteiger partial charge in [-0.1, -0.05) is 0 Å². The quantitative estimate of drug-likeness (QED) is 0.424. The normalized spacial score (nSPS) is 5.80. The first-order valence-corrected chi connectivity index (χ1v) is 2.67. The first kappa shape index (κ1) is 22.5. The Morgan fingerprint density at radius 3 is 1.00 bits per heavy atom. The zero-order valence-electron chi connectivity index (χ0n) is 7.68. The standard InChI is InChI=1S/C3H9N.C2H7N.B2.B/c1-4(2)3;1-3-2;1-2;/h1-3H3;3H,1-2H3;;. The predicted molar refractivity (Wildman–Crippen MR) is 51.9 cm³/mol. The molecule has 0 saturated heterocycles. The van der Waals surface area contributed by atoms with Crippen molar-refractivity contribution in [3.05, 3.63) is 0 Å². The van der Waals surface area contributed by atoms with E-state index in [0.29, 0.717) is 0 Å². The third-order valence-corrected chi connectivity index (χ3v) is 0. The Labute approximate surface area is 70.1 Å². The van der Waals surface area contributed by atoms with Gasteiger partial charge in [-0.2, -0.15) is 0 Å². The molecule has 2 nitrogen and oxygen atoms in total. The number of rotatable bonds is 0. The van der Waals surface area contributed by atoms with Gasteiger partial charge in [-0.25, -0.2) is 0 Å². The maximum absolute atomic E-state index is 4.00. The van der Waals surface area contributed by atoms with Crippen molar-refractivity contribution in [2.75, 3.05) is 35.2 Å². The monoisotopic (exact) mass is 137 g/mol. The topological polar surface area (TPSA) is 15.3 Å². The van der Waals surface area contributed by atoms with E-state index in [1.165, 1.54) is 0 Å². The second kappa shape index (κ2) is 35.4. The summed E-state index contributed by atoms with van der Waals surface area (Å²) in [7, 11) is 17.8. The molecule has 0 aromatic heterocycles. The highest BCUT2D eigenvalue weighted by atomic mass is 15.0. The summed E-state index contributed by atoms with van der Waals surface area (Å²) in [6, 6.07) is 0. The summed E-state index contributed by atoms with van der Waals surface area (Å²) in [6.07, 6.45) is 0. The lowest BCUT2D eigenvalue weighted by molar-refractivity contribution is 0.505. The van der Waals surface area contributed by atoms with E-state index in [-0.39, 0.29) is 8.41 Å². The number of hydrogen-bond donors (Lipinski definition) is 1. The number of nitrogens with zero attached hydrogens (tertiary/aromatic N) is 1. The van der Waals surface area contributed by atoms with Gasteiger partial charge >= 0.3 is 0 Å². The Kier molecular flexibility index (Phi) is 79.7. The largest absolute Gasteiger partial charge is 0.323 e. The number of hydrogen-bond acceptors (Lipinski definition) is 2. The van der Waals surface area contributed by atoms with Crippen LogP contribution in [0.5, 0.6) is 0 Å². The minimum absolute atomic E-state index is 0. The lowest BCUT2D eigenvalue weighted by atomic mass is 9.81. The Balaban J connectivity index is -0.0000000273. The van der Waals surface area contributed by atoms with Gasteiger partial charge in [0.05, 0.1) is 0 Å². The van der Waals surface area contributed by atoms with Gasteiger partial charge in [0.2, 0.25) is 0 Å². The molecule has 55 valence electrons. The molecule has 0 unspecified atom stereocenters. The summed E-state index contributed by atoms with van der Waals surface area (Å²) in [4.78, 5) is 2.00. The van der Waals surface area contributed by atoms with E-state index >= 15 is 0 Å². The van der Waals surface area contributed by atoms with E-state index < -0.39 is 0 Å². The number of nitrogens with one attached hydrogen (secondary N) is 1. The molecule has 0 aromatic carbocycles. The molecule has 1 N–H and O–H groups in total. The molecule has 0 aliphatic carbocycles. The molecule has 5 heteroatoms. The van der Waals surface area contributed by atoms with Crippen LogP contribution in [0.1, 0.15) is 0 Å². The van der Waals surface area contributed by atoms with Gasteiger partial charge in [0.25, 0.3) is 0 Å². The van der Waals surface area contributed by atoms with Gasteiger partial charge in [0, 0.05) is 23.9 Å². The predicted octanol–water partition coefficient (Wildman–Crippen LogP) is -1.13. The molecule has 0 saturated carbocycles. The zero-order valence-corrected chi connectivity index (χ0v) is 7.68. The molecule has 7 radical (unpaired) electrons. The fourth-order valence-corrected chi connectivity index (χ4v) is 0. The lowest BCUT2D eigenvalue weighted by Crippen LogP contribution is -1.99. The van der Waals surface area contributed by atoms with E-state index in [1.54, 1.807) is 0 Å². The molecule has 10 heavy (non-hydrogen) atoms. The third kappa shape index (κ3) is 31200. The molecule has 0 heterocycles. The van der Waals surface area contributed by atoms with E-state index in [4.69, 9.17) is 0 Å². The second-order valence-corrected chi connectivity index (χ2v) is 1.84. The van der Waals surface area contributed by atoms with E-state index in [2.05, 4.69) is 20.8 Å². The SMILES string of the molecule is CN(C)C.CNC.[B].[B][B]. The molecule has 0 spiro atoms. The molecular weight excluding hydrogens is 121 g/mol. The van der Waals surface area contributed by atoms with Crippen LogP contribution in [0.4, 0.5) is 0 Å². The summed E-state index contributed by atoms with van der Waals surface area (Å²) in [6.45, 7) is 0. The molecule has 0 amide bonds. The van der Waals surface area contributed by atoms with Crippen molar-refractivity contribution in [2.24, 2.45) is 0 Å². The Hall–Kier alpha value is 0.115. The van der Waals surface area contributed by atoms with Crippen LogP contribution in [-0.2, 0) is 0 Å². The van der Waals surface area contributed by atoms with Crippen LogP contribution >= 0.6 is 0 Å². The Morgan fingerprint density at radius 2 is 1.00 bits per heavy atom. The van der Waals surface area contributed by atoms with Crippen molar-refractivity contribution in [2.45, 2.75) is 0 Å². The van der Waals surface area contributed by atoms with Gasteiger partial charge in [0.1, 0.15) is 0 Å². The van der Waals surface area contributed by atoms with Crippen molar-refractivity contribution in [3.8, 4) is 0 Å². The summed E-state index contributed by atoms with van der Waals surface area (Å²) in [5.41, 5.74) is 0.